The molecule has 0 unspecified atom stereocenters. The third kappa shape index (κ3) is 3.67. The number of rotatable bonds is 4. The highest BCUT2D eigenvalue weighted by atomic mass is 19.1. The predicted octanol–water partition coefficient (Wildman–Crippen LogP) is 1.29. The first-order chi connectivity index (χ1) is 12.3. The van der Waals surface area contributed by atoms with Crippen molar-refractivity contribution in [3.8, 4) is 0 Å². The smallest absolute Gasteiger partial charge is 0.335 e. The molecule has 3 rings (SSSR count). The van der Waals surface area contributed by atoms with Crippen LogP contribution in [0.4, 0.5) is 8.78 Å². The molecule has 7 nitrogen and oxygen atoms in total. The van der Waals surface area contributed by atoms with Crippen LogP contribution in [0.5, 0.6) is 0 Å². The van der Waals surface area contributed by atoms with Gasteiger partial charge in [0, 0.05) is 24.5 Å². The van der Waals surface area contributed by atoms with Gasteiger partial charge in [-0.05, 0) is 19.1 Å². The zero-order valence-electron chi connectivity index (χ0n) is 14.3. The van der Waals surface area contributed by atoms with Gasteiger partial charge in [0.25, 0.3) is 5.91 Å². The van der Waals surface area contributed by atoms with E-state index in [1.54, 1.807) is 0 Å². The van der Waals surface area contributed by atoms with E-state index < -0.39 is 35.2 Å². The minimum Gasteiger partial charge on any atom is -0.467 e. The van der Waals surface area contributed by atoms with E-state index in [1.165, 1.54) is 14.0 Å². The predicted molar refractivity (Wildman–Crippen MR) is 85.3 cm³/mol. The zero-order chi connectivity index (χ0) is 18.9. The van der Waals surface area contributed by atoms with Gasteiger partial charge in [0.15, 0.2) is 6.10 Å². The van der Waals surface area contributed by atoms with Crippen molar-refractivity contribution in [3.05, 3.63) is 35.4 Å². The van der Waals surface area contributed by atoms with Crippen molar-refractivity contribution in [2.24, 2.45) is 5.16 Å². The summed E-state index contributed by atoms with van der Waals surface area (Å²) >= 11 is 0. The number of hydrogen-bond acceptors (Lipinski definition) is 6. The number of oxime groups is 1. The van der Waals surface area contributed by atoms with Crippen molar-refractivity contribution in [1.82, 2.24) is 5.32 Å². The van der Waals surface area contributed by atoms with E-state index in [1.807, 2.05) is 0 Å². The van der Waals surface area contributed by atoms with Gasteiger partial charge in [-0.2, -0.15) is 0 Å². The Bertz CT molecular complexity index is 749. The molecular formula is C17H18F2N2O5. The maximum Gasteiger partial charge on any atom is 0.335 e. The average Bonchev–Trinajstić information content (AvgIpc) is 3.21. The number of esters is 1. The molecule has 1 fully saturated rings. The van der Waals surface area contributed by atoms with Crippen LogP contribution in [-0.4, -0.2) is 49.1 Å². The van der Waals surface area contributed by atoms with E-state index >= 15 is 0 Å². The van der Waals surface area contributed by atoms with E-state index in [9.17, 15) is 18.4 Å². The van der Waals surface area contributed by atoms with Crippen LogP contribution in [0.15, 0.2) is 23.4 Å². The van der Waals surface area contributed by atoms with E-state index in [-0.39, 0.29) is 36.8 Å². The summed E-state index contributed by atoms with van der Waals surface area (Å²) < 4.78 is 36.6. The van der Waals surface area contributed by atoms with Crippen LogP contribution in [0, 0.1) is 11.6 Å². The molecule has 26 heavy (non-hydrogen) atoms. The number of nitrogens with one attached hydrogen (secondary N) is 1. The van der Waals surface area contributed by atoms with Crippen LogP contribution in [0.1, 0.15) is 25.3 Å². The maximum atomic E-state index is 13.4. The molecule has 9 heteroatoms. The Kier molecular flexibility index (Phi) is 4.90. The number of methoxy groups -OCH3 is 1. The second-order valence-electron chi connectivity index (χ2n) is 6.45. The van der Waals surface area contributed by atoms with Crippen molar-refractivity contribution < 1.29 is 32.7 Å². The fourth-order valence-electron chi connectivity index (χ4n) is 2.90. The molecule has 3 atom stereocenters. The Balaban J connectivity index is 1.62. The van der Waals surface area contributed by atoms with E-state index in [0.29, 0.717) is 0 Å². The van der Waals surface area contributed by atoms with Crippen molar-refractivity contribution >= 4 is 17.6 Å². The Morgan fingerprint density at radius 3 is 2.65 bits per heavy atom. The first-order valence-electron chi connectivity index (χ1n) is 8.02. The summed E-state index contributed by atoms with van der Waals surface area (Å²) in [4.78, 5) is 29.3. The number of ether oxygens (including phenoxy) is 2. The van der Waals surface area contributed by atoms with Crippen molar-refractivity contribution in [3.63, 3.8) is 0 Å². The summed E-state index contributed by atoms with van der Waals surface area (Å²) in [6.45, 7) is 1.70. The van der Waals surface area contributed by atoms with Gasteiger partial charge in [-0.25, -0.2) is 13.6 Å². The molecule has 0 radical (unpaired) electrons. The number of benzene rings is 1. The molecule has 2 heterocycles. The van der Waals surface area contributed by atoms with Crippen LogP contribution in [0.25, 0.3) is 0 Å². The van der Waals surface area contributed by atoms with Gasteiger partial charge in [0.1, 0.15) is 11.6 Å². The second kappa shape index (κ2) is 6.99. The minimum absolute atomic E-state index is 0.0513. The Hall–Kier alpha value is -2.55. The first kappa shape index (κ1) is 18.2. The van der Waals surface area contributed by atoms with E-state index in [4.69, 9.17) is 9.57 Å². The van der Waals surface area contributed by atoms with Crippen molar-refractivity contribution in [2.75, 3.05) is 13.7 Å². The molecule has 1 aromatic rings. The highest BCUT2D eigenvalue weighted by Gasteiger charge is 2.44. The molecule has 1 saturated heterocycles. The van der Waals surface area contributed by atoms with Gasteiger partial charge >= 0.3 is 5.97 Å². The number of carbonyl (C=O) groups is 2. The topological polar surface area (TPSA) is 86.2 Å². The summed E-state index contributed by atoms with van der Waals surface area (Å²) in [7, 11) is 1.26. The average molecular weight is 368 g/mol. The van der Waals surface area contributed by atoms with Crippen LogP contribution in [0.3, 0.4) is 0 Å². The Morgan fingerprint density at radius 1 is 1.31 bits per heavy atom. The molecule has 0 bridgehead atoms. The van der Waals surface area contributed by atoms with E-state index in [0.717, 1.165) is 18.2 Å². The number of carbonyl (C=O) groups excluding carboxylic acids is 2. The van der Waals surface area contributed by atoms with E-state index in [2.05, 4.69) is 15.2 Å². The van der Waals surface area contributed by atoms with Crippen LogP contribution < -0.4 is 5.32 Å². The fourth-order valence-corrected chi connectivity index (χ4v) is 2.90. The Morgan fingerprint density at radius 2 is 2.00 bits per heavy atom. The molecule has 2 aliphatic heterocycles. The van der Waals surface area contributed by atoms with Crippen LogP contribution >= 0.6 is 0 Å². The number of halogens is 2. The van der Waals surface area contributed by atoms with Gasteiger partial charge in [-0.15, -0.1) is 0 Å². The first-order valence-corrected chi connectivity index (χ1v) is 8.02. The molecule has 140 valence electrons. The fraction of sp³-hybridized carbons (Fsp3) is 0.471. The summed E-state index contributed by atoms with van der Waals surface area (Å²) in [5, 5.41) is 6.56. The zero-order valence-corrected chi connectivity index (χ0v) is 14.3. The molecule has 0 aromatic heterocycles. The van der Waals surface area contributed by atoms with Gasteiger partial charge in [-0.1, -0.05) is 5.16 Å². The largest absolute Gasteiger partial charge is 0.467 e. The lowest BCUT2D eigenvalue weighted by Crippen LogP contribution is -2.49. The lowest BCUT2D eigenvalue weighted by atomic mass is 9.94. The minimum atomic E-state index is -1.32. The van der Waals surface area contributed by atoms with Gasteiger partial charge in [0.05, 0.1) is 25.5 Å². The number of nitrogens with zero attached hydrogens (tertiary/aromatic N) is 1. The van der Waals surface area contributed by atoms with Crippen LogP contribution in [-0.2, 0) is 23.9 Å². The highest BCUT2D eigenvalue weighted by Crippen LogP contribution is 2.28. The summed E-state index contributed by atoms with van der Waals surface area (Å²) in [6.07, 6.45) is -0.378. The second-order valence-corrected chi connectivity index (χ2v) is 6.45. The molecule has 1 N–H and O–H groups in total. The lowest BCUT2D eigenvalue weighted by molar-refractivity contribution is -0.151. The molecule has 2 aliphatic rings. The molecule has 0 spiro atoms. The van der Waals surface area contributed by atoms with Gasteiger partial charge in [0.2, 0.25) is 5.60 Å². The standard InChI is InChI=1S/C17H18F2N2O5/c1-17(16(23)20-12-6-14(25-8-12)15(22)24-2)7-13(21-26-17)9-3-10(18)5-11(19)4-9/h3-5,12,14H,6-8H2,1-2H3,(H,20,23)/t12-,14-,17+/m0/s1. The van der Waals surface area contributed by atoms with Crippen LogP contribution in [0.2, 0.25) is 0 Å². The molecule has 0 aliphatic carbocycles. The summed E-state index contributed by atoms with van der Waals surface area (Å²) in [6, 6.07) is 2.63. The third-order valence-electron chi connectivity index (χ3n) is 4.33. The normalized spacial score (nSPS) is 27.6. The lowest BCUT2D eigenvalue weighted by Gasteiger charge is -2.22. The molecule has 1 aromatic carbocycles. The van der Waals surface area contributed by atoms with Gasteiger partial charge in [-0.3, -0.25) is 4.79 Å². The monoisotopic (exact) mass is 368 g/mol. The molecule has 0 saturated carbocycles. The van der Waals surface area contributed by atoms with Crippen molar-refractivity contribution in [1.29, 1.82) is 0 Å². The van der Waals surface area contributed by atoms with Gasteiger partial charge < -0.3 is 19.6 Å². The summed E-state index contributed by atoms with van der Waals surface area (Å²) in [5.41, 5.74) is -0.827. The molecular weight excluding hydrogens is 350 g/mol. The third-order valence-corrected chi connectivity index (χ3v) is 4.33. The summed E-state index contributed by atoms with van der Waals surface area (Å²) in [5.74, 6) is -2.42. The van der Waals surface area contributed by atoms with Crippen molar-refractivity contribution in [2.45, 2.75) is 37.5 Å². The maximum absolute atomic E-state index is 13.4. The number of amides is 1. The Labute approximate surface area is 148 Å². The number of hydrogen-bond donors (Lipinski definition) is 1. The SMILES string of the molecule is COC(=O)[C@@H]1C[C@H](NC(=O)[C@@]2(C)CC(c3cc(F)cc(F)c3)=NO2)CO1. The highest BCUT2D eigenvalue weighted by molar-refractivity contribution is 6.05. The molecule has 1 amide bonds. The quantitative estimate of drug-likeness (QED) is 0.810.